The fourth-order valence-electron chi connectivity index (χ4n) is 3.68. The number of carbonyl (C=O) groups is 3. The van der Waals surface area contributed by atoms with Gasteiger partial charge in [-0.25, -0.2) is 0 Å². The number of fused-ring (bicyclic) bond motifs is 1. The van der Waals surface area contributed by atoms with E-state index in [1.54, 1.807) is 24.3 Å². The molecule has 0 spiro atoms. The highest BCUT2D eigenvalue weighted by Crippen LogP contribution is 2.40. The number of nitrogens with zero attached hydrogens (tertiary/aromatic N) is 1. The van der Waals surface area contributed by atoms with Gasteiger partial charge in [-0.2, -0.15) is 0 Å². The maximum atomic E-state index is 12.7. The van der Waals surface area contributed by atoms with Crippen LogP contribution in [0.5, 0.6) is 0 Å². The van der Waals surface area contributed by atoms with Crippen LogP contribution in [0.15, 0.2) is 59.6 Å². The van der Waals surface area contributed by atoms with E-state index < -0.39 is 5.92 Å². The molecule has 2 aromatic carbocycles. The number of hydrogen-bond acceptors (Lipinski definition) is 3. The minimum Gasteiger partial charge on any atom is -0.322 e. The molecule has 142 valence electrons. The first kappa shape index (κ1) is 18.4. The second-order valence-electron chi connectivity index (χ2n) is 7.18. The Bertz CT molecular complexity index is 980. The van der Waals surface area contributed by atoms with Crippen LogP contribution >= 0.6 is 11.6 Å². The van der Waals surface area contributed by atoms with Gasteiger partial charge in [-0.15, -0.1) is 0 Å². The van der Waals surface area contributed by atoms with Gasteiger partial charge in [0.25, 0.3) is 5.91 Å². The van der Waals surface area contributed by atoms with Gasteiger partial charge in [0.05, 0.1) is 17.5 Å². The van der Waals surface area contributed by atoms with Gasteiger partial charge in [0, 0.05) is 16.3 Å². The molecule has 1 aliphatic carbocycles. The molecule has 5 nitrogen and oxygen atoms in total. The van der Waals surface area contributed by atoms with Gasteiger partial charge in [-0.1, -0.05) is 35.4 Å². The van der Waals surface area contributed by atoms with E-state index >= 15 is 0 Å². The summed E-state index contributed by atoms with van der Waals surface area (Å²) >= 11 is 6.06. The Balaban J connectivity index is 1.50. The third-order valence-corrected chi connectivity index (χ3v) is 5.57. The topological polar surface area (TPSA) is 66.5 Å². The molecule has 0 saturated carbocycles. The summed E-state index contributed by atoms with van der Waals surface area (Å²) in [6.45, 7) is 1.98. The number of nitrogens with one attached hydrogen (secondary N) is 1. The van der Waals surface area contributed by atoms with Crippen molar-refractivity contribution >= 4 is 40.7 Å². The van der Waals surface area contributed by atoms with E-state index in [0.29, 0.717) is 34.8 Å². The Morgan fingerprint density at radius 2 is 1.64 bits per heavy atom. The standard InChI is InChI=1S/C22H19ClN2O3/c1-13-2-7-16(8-3-13)24-20(26)14-4-9-17(10-5-14)25-21(27)18-11-6-15(23)12-19(18)22(25)28/h2-10,18-19H,11-12H2,1H3,(H,24,26)/t18-,19-/m0/s1. The quantitative estimate of drug-likeness (QED) is 0.790. The average Bonchev–Trinajstić information content (AvgIpc) is 2.93. The summed E-state index contributed by atoms with van der Waals surface area (Å²) in [5, 5.41) is 3.46. The summed E-state index contributed by atoms with van der Waals surface area (Å²) in [6, 6.07) is 14.0. The van der Waals surface area contributed by atoms with Crippen LogP contribution in [0.2, 0.25) is 0 Å². The maximum Gasteiger partial charge on any atom is 0.255 e. The smallest absolute Gasteiger partial charge is 0.255 e. The van der Waals surface area contributed by atoms with E-state index in [9.17, 15) is 14.4 Å². The normalized spacial score (nSPS) is 21.4. The molecule has 1 saturated heterocycles. The minimum absolute atomic E-state index is 0.202. The fourth-order valence-corrected chi connectivity index (χ4v) is 3.94. The molecule has 2 aromatic rings. The van der Waals surface area contributed by atoms with E-state index in [2.05, 4.69) is 5.32 Å². The van der Waals surface area contributed by atoms with Gasteiger partial charge >= 0.3 is 0 Å². The van der Waals surface area contributed by atoms with Crippen LogP contribution in [0.25, 0.3) is 0 Å². The third-order valence-electron chi connectivity index (χ3n) is 5.27. The number of imide groups is 1. The Morgan fingerprint density at radius 1 is 1.00 bits per heavy atom. The summed E-state index contributed by atoms with van der Waals surface area (Å²) in [5.74, 6) is -1.42. The van der Waals surface area contributed by atoms with Gasteiger partial charge in [-0.05, 0) is 56.2 Å². The Morgan fingerprint density at radius 3 is 2.32 bits per heavy atom. The summed E-state index contributed by atoms with van der Waals surface area (Å²) < 4.78 is 0. The highest BCUT2D eigenvalue weighted by molar-refractivity contribution is 6.30. The number of aryl methyl sites for hydroxylation is 1. The molecule has 6 heteroatoms. The number of hydrogen-bond donors (Lipinski definition) is 1. The molecule has 0 aromatic heterocycles. The largest absolute Gasteiger partial charge is 0.322 e. The van der Waals surface area contributed by atoms with Crippen LogP contribution in [-0.4, -0.2) is 17.7 Å². The van der Waals surface area contributed by atoms with E-state index in [0.717, 1.165) is 5.56 Å². The van der Waals surface area contributed by atoms with Crippen molar-refractivity contribution in [3.05, 3.63) is 70.8 Å². The van der Waals surface area contributed by atoms with Gasteiger partial charge in [0.1, 0.15) is 0 Å². The predicted molar refractivity (Wildman–Crippen MR) is 108 cm³/mol. The van der Waals surface area contributed by atoms with Gasteiger partial charge < -0.3 is 5.32 Å². The van der Waals surface area contributed by atoms with Crippen LogP contribution in [0.1, 0.15) is 28.8 Å². The monoisotopic (exact) mass is 394 g/mol. The summed E-state index contributed by atoms with van der Waals surface area (Å²) in [7, 11) is 0. The van der Waals surface area contributed by atoms with Crippen molar-refractivity contribution in [2.45, 2.75) is 19.8 Å². The van der Waals surface area contributed by atoms with E-state index in [1.807, 2.05) is 37.3 Å². The van der Waals surface area contributed by atoms with Crippen molar-refractivity contribution in [2.75, 3.05) is 10.2 Å². The highest BCUT2D eigenvalue weighted by atomic mass is 35.5. The molecule has 0 bridgehead atoms. The minimum atomic E-state index is -0.394. The average molecular weight is 395 g/mol. The number of benzene rings is 2. The molecule has 1 fully saturated rings. The molecule has 1 N–H and O–H groups in total. The number of allylic oxidation sites excluding steroid dienone is 2. The molecule has 2 aliphatic rings. The highest BCUT2D eigenvalue weighted by Gasteiger charge is 2.48. The lowest BCUT2D eigenvalue weighted by atomic mass is 9.85. The zero-order valence-electron chi connectivity index (χ0n) is 15.3. The number of rotatable bonds is 3. The molecule has 0 unspecified atom stereocenters. The summed E-state index contributed by atoms with van der Waals surface area (Å²) in [5.41, 5.74) is 2.75. The summed E-state index contributed by atoms with van der Waals surface area (Å²) in [4.78, 5) is 39.1. The number of carbonyl (C=O) groups excluding carboxylic acids is 3. The molecular weight excluding hydrogens is 376 g/mol. The van der Waals surface area contributed by atoms with Crippen LogP contribution in [0.3, 0.4) is 0 Å². The Labute approximate surface area is 168 Å². The Hall–Kier alpha value is -2.92. The fraction of sp³-hybridized carbons (Fsp3) is 0.227. The second-order valence-corrected chi connectivity index (χ2v) is 7.67. The molecule has 3 amide bonds. The van der Waals surface area contributed by atoms with Crippen molar-refractivity contribution in [3.63, 3.8) is 0 Å². The molecule has 0 radical (unpaired) electrons. The number of anilines is 2. The lowest BCUT2D eigenvalue weighted by molar-refractivity contribution is -0.122. The van der Waals surface area contributed by atoms with E-state index in [-0.39, 0.29) is 23.6 Å². The van der Waals surface area contributed by atoms with Gasteiger partial charge in [0.2, 0.25) is 11.8 Å². The maximum absolute atomic E-state index is 12.7. The van der Waals surface area contributed by atoms with Crippen molar-refractivity contribution in [3.8, 4) is 0 Å². The van der Waals surface area contributed by atoms with E-state index in [1.165, 1.54) is 4.90 Å². The van der Waals surface area contributed by atoms with Crippen LogP contribution < -0.4 is 10.2 Å². The van der Waals surface area contributed by atoms with Crippen LogP contribution in [-0.2, 0) is 9.59 Å². The second kappa shape index (κ2) is 7.24. The van der Waals surface area contributed by atoms with Crippen LogP contribution in [0.4, 0.5) is 11.4 Å². The third kappa shape index (κ3) is 3.34. The molecule has 1 heterocycles. The first-order valence-electron chi connectivity index (χ1n) is 9.14. The molecule has 2 atom stereocenters. The lowest BCUT2D eigenvalue weighted by Crippen LogP contribution is -2.30. The Kier molecular flexibility index (Phi) is 4.77. The van der Waals surface area contributed by atoms with E-state index in [4.69, 9.17) is 11.6 Å². The first-order valence-corrected chi connectivity index (χ1v) is 9.52. The first-order chi connectivity index (χ1) is 13.4. The molecule has 1 aliphatic heterocycles. The van der Waals surface area contributed by atoms with Gasteiger partial charge in [0.15, 0.2) is 0 Å². The van der Waals surface area contributed by atoms with Crippen molar-refractivity contribution < 1.29 is 14.4 Å². The molecule has 4 rings (SSSR count). The summed E-state index contributed by atoms with van der Waals surface area (Å²) in [6.07, 6.45) is 2.71. The van der Waals surface area contributed by atoms with Crippen molar-refractivity contribution in [1.82, 2.24) is 0 Å². The zero-order valence-corrected chi connectivity index (χ0v) is 16.1. The molecule has 28 heavy (non-hydrogen) atoms. The van der Waals surface area contributed by atoms with Gasteiger partial charge in [-0.3, -0.25) is 19.3 Å². The zero-order chi connectivity index (χ0) is 19.8. The predicted octanol–water partition coefficient (Wildman–Crippen LogP) is 4.27. The van der Waals surface area contributed by atoms with Crippen molar-refractivity contribution in [1.29, 1.82) is 0 Å². The number of halogens is 1. The van der Waals surface area contributed by atoms with Crippen molar-refractivity contribution in [2.24, 2.45) is 11.8 Å². The van der Waals surface area contributed by atoms with Crippen LogP contribution in [0, 0.1) is 18.8 Å². The molecular formula is C22H19ClN2O3. The SMILES string of the molecule is Cc1ccc(NC(=O)c2ccc(N3C(=O)[C@H]4CC=C(Cl)C[C@@H]4C3=O)cc2)cc1. The lowest BCUT2D eigenvalue weighted by Gasteiger charge is -2.17. The number of amides is 3.